The van der Waals surface area contributed by atoms with Crippen molar-refractivity contribution in [1.82, 2.24) is 15.3 Å². The van der Waals surface area contributed by atoms with Crippen molar-refractivity contribution >= 4 is 18.1 Å². The quantitative estimate of drug-likeness (QED) is 0.457. The first-order valence-electron chi connectivity index (χ1n) is 8.89. The average molecular weight is 391 g/mol. The van der Waals surface area contributed by atoms with Crippen LogP contribution in [0.4, 0.5) is 9.59 Å². The van der Waals surface area contributed by atoms with Gasteiger partial charge < -0.3 is 14.4 Å². The third-order valence-electron chi connectivity index (χ3n) is 3.62. The molecule has 0 radical (unpaired) electrons. The predicted octanol–water partition coefficient (Wildman–Crippen LogP) is 3.10. The molecule has 0 unspecified atom stereocenters. The highest BCUT2D eigenvalue weighted by Gasteiger charge is 2.31. The van der Waals surface area contributed by atoms with Gasteiger partial charge in [0.2, 0.25) is 0 Å². The summed E-state index contributed by atoms with van der Waals surface area (Å²) in [7, 11) is 1.25. The normalized spacial score (nSPS) is 11.8. The first-order valence-corrected chi connectivity index (χ1v) is 8.89. The summed E-state index contributed by atoms with van der Waals surface area (Å²) in [4.78, 5) is 38.6. The van der Waals surface area contributed by atoms with Crippen LogP contribution >= 0.6 is 0 Å². The molecule has 0 saturated carbocycles. The van der Waals surface area contributed by atoms with Crippen LogP contribution in [0.1, 0.15) is 33.3 Å². The van der Waals surface area contributed by atoms with Gasteiger partial charge in [-0.15, -0.1) is 6.58 Å². The minimum absolute atomic E-state index is 0.0251. The van der Waals surface area contributed by atoms with Crippen LogP contribution in [0.5, 0.6) is 0 Å². The van der Waals surface area contributed by atoms with Gasteiger partial charge in [-0.2, -0.15) is 0 Å². The van der Waals surface area contributed by atoms with Crippen molar-refractivity contribution in [2.45, 2.75) is 45.9 Å². The van der Waals surface area contributed by atoms with Gasteiger partial charge in [-0.1, -0.05) is 36.4 Å². The van der Waals surface area contributed by atoms with E-state index in [0.717, 1.165) is 10.6 Å². The summed E-state index contributed by atoms with van der Waals surface area (Å²) in [6.45, 7) is 10.5. The maximum atomic E-state index is 13.1. The number of urea groups is 1. The van der Waals surface area contributed by atoms with Crippen LogP contribution in [-0.2, 0) is 20.8 Å². The Balaban J connectivity index is 3.08. The molecule has 1 aromatic rings. The SMILES string of the molecule is C=CCN(NC(=O)OC(C)(C)C)C(=O)N(Cc1ccccc1)[C@@H](C)C(=O)OC. The lowest BCUT2D eigenvalue weighted by atomic mass is 10.2. The third kappa shape index (κ3) is 7.30. The van der Waals surface area contributed by atoms with E-state index in [4.69, 9.17) is 9.47 Å². The van der Waals surface area contributed by atoms with Crippen molar-refractivity contribution in [3.8, 4) is 0 Å². The van der Waals surface area contributed by atoms with E-state index in [0.29, 0.717) is 0 Å². The Labute approximate surface area is 166 Å². The number of hydrogen-bond donors (Lipinski definition) is 1. The number of benzene rings is 1. The van der Waals surface area contributed by atoms with Gasteiger partial charge in [0.1, 0.15) is 11.6 Å². The summed E-state index contributed by atoms with van der Waals surface area (Å²) in [5.74, 6) is -0.569. The summed E-state index contributed by atoms with van der Waals surface area (Å²) < 4.78 is 9.99. The molecule has 0 aliphatic rings. The van der Waals surface area contributed by atoms with Gasteiger partial charge in [0.15, 0.2) is 0 Å². The van der Waals surface area contributed by atoms with Crippen molar-refractivity contribution < 1.29 is 23.9 Å². The Bertz CT molecular complexity index is 685. The summed E-state index contributed by atoms with van der Waals surface area (Å²) in [6, 6.07) is 7.74. The van der Waals surface area contributed by atoms with Crippen molar-refractivity contribution in [1.29, 1.82) is 0 Å². The highest BCUT2D eigenvalue weighted by molar-refractivity contribution is 5.84. The highest BCUT2D eigenvalue weighted by Crippen LogP contribution is 2.13. The Morgan fingerprint density at radius 1 is 1.21 bits per heavy atom. The number of hydrogen-bond acceptors (Lipinski definition) is 5. The molecule has 0 aliphatic heterocycles. The number of ether oxygens (including phenoxy) is 2. The molecule has 0 aromatic heterocycles. The minimum atomic E-state index is -0.870. The third-order valence-corrected chi connectivity index (χ3v) is 3.62. The van der Waals surface area contributed by atoms with Gasteiger partial charge in [0.25, 0.3) is 0 Å². The Kier molecular flexibility index (Phi) is 8.50. The van der Waals surface area contributed by atoms with Crippen LogP contribution in [0.3, 0.4) is 0 Å². The van der Waals surface area contributed by atoms with Crippen molar-refractivity contribution in [3.63, 3.8) is 0 Å². The summed E-state index contributed by atoms with van der Waals surface area (Å²) in [5.41, 5.74) is 2.51. The molecule has 0 saturated heterocycles. The van der Waals surface area contributed by atoms with E-state index < -0.39 is 29.7 Å². The molecule has 8 nitrogen and oxygen atoms in total. The second-order valence-corrected chi connectivity index (χ2v) is 7.11. The lowest BCUT2D eigenvalue weighted by Gasteiger charge is -2.33. The van der Waals surface area contributed by atoms with Crippen LogP contribution in [-0.4, -0.2) is 53.3 Å². The Morgan fingerprint density at radius 2 is 1.82 bits per heavy atom. The molecule has 1 aromatic carbocycles. The maximum Gasteiger partial charge on any atom is 0.426 e. The fourth-order valence-electron chi connectivity index (χ4n) is 2.31. The topological polar surface area (TPSA) is 88.2 Å². The van der Waals surface area contributed by atoms with Gasteiger partial charge in [0.05, 0.1) is 13.7 Å². The summed E-state index contributed by atoms with van der Waals surface area (Å²) >= 11 is 0. The molecule has 154 valence electrons. The van der Waals surface area contributed by atoms with E-state index in [1.165, 1.54) is 18.1 Å². The largest absolute Gasteiger partial charge is 0.467 e. The minimum Gasteiger partial charge on any atom is -0.467 e. The number of nitrogens with zero attached hydrogens (tertiary/aromatic N) is 2. The zero-order valence-electron chi connectivity index (χ0n) is 17.1. The molecule has 0 aliphatic carbocycles. The first kappa shape index (κ1) is 23.0. The second kappa shape index (κ2) is 10.3. The smallest absolute Gasteiger partial charge is 0.426 e. The van der Waals surface area contributed by atoms with Crippen molar-refractivity contribution in [3.05, 3.63) is 48.6 Å². The molecular weight excluding hydrogens is 362 g/mol. The molecule has 1 rings (SSSR count). The number of methoxy groups -OCH3 is 1. The number of amides is 3. The van der Waals surface area contributed by atoms with Crippen LogP contribution < -0.4 is 5.43 Å². The maximum absolute atomic E-state index is 13.1. The van der Waals surface area contributed by atoms with Crippen molar-refractivity contribution in [2.24, 2.45) is 0 Å². The van der Waals surface area contributed by atoms with Crippen LogP contribution in [0, 0.1) is 0 Å². The molecule has 8 heteroatoms. The van der Waals surface area contributed by atoms with Crippen LogP contribution in [0.15, 0.2) is 43.0 Å². The summed E-state index contributed by atoms with van der Waals surface area (Å²) in [5, 5.41) is 1.05. The number of carbonyl (C=O) groups excluding carboxylic acids is 3. The Morgan fingerprint density at radius 3 is 2.32 bits per heavy atom. The first-order chi connectivity index (χ1) is 13.1. The average Bonchev–Trinajstić information content (AvgIpc) is 2.63. The van der Waals surface area contributed by atoms with Crippen LogP contribution in [0.2, 0.25) is 0 Å². The highest BCUT2D eigenvalue weighted by atomic mass is 16.6. The lowest BCUT2D eigenvalue weighted by molar-refractivity contribution is -0.145. The summed E-state index contributed by atoms with van der Waals surface area (Å²) in [6.07, 6.45) is 0.673. The van der Waals surface area contributed by atoms with E-state index in [1.807, 2.05) is 30.3 Å². The van der Waals surface area contributed by atoms with Gasteiger partial charge in [-0.3, -0.25) is 0 Å². The fraction of sp³-hybridized carbons (Fsp3) is 0.450. The molecular formula is C20H29N3O5. The van der Waals surface area contributed by atoms with Crippen LogP contribution in [0.25, 0.3) is 0 Å². The van der Waals surface area contributed by atoms with E-state index in [1.54, 1.807) is 27.7 Å². The molecule has 1 N–H and O–H groups in total. The zero-order valence-corrected chi connectivity index (χ0v) is 17.1. The van der Waals surface area contributed by atoms with Gasteiger partial charge in [-0.05, 0) is 33.3 Å². The fourth-order valence-corrected chi connectivity index (χ4v) is 2.31. The molecule has 0 spiro atoms. The number of hydrazine groups is 1. The number of rotatable bonds is 6. The zero-order chi connectivity index (χ0) is 21.3. The van der Waals surface area contributed by atoms with E-state index in [2.05, 4.69) is 12.0 Å². The molecule has 3 amide bonds. The Hall–Kier alpha value is -3.03. The lowest BCUT2D eigenvalue weighted by Crippen LogP contribution is -2.56. The molecule has 28 heavy (non-hydrogen) atoms. The van der Waals surface area contributed by atoms with E-state index in [9.17, 15) is 14.4 Å². The predicted molar refractivity (Wildman–Crippen MR) is 105 cm³/mol. The van der Waals surface area contributed by atoms with Crippen molar-refractivity contribution in [2.75, 3.05) is 13.7 Å². The van der Waals surface area contributed by atoms with E-state index >= 15 is 0 Å². The monoisotopic (exact) mass is 391 g/mol. The molecule has 0 fully saturated rings. The standard InChI is InChI=1S/C20H29N3O5/c1-7-13-23(21-18(25)28-20(3,4)5)19(26)22(15(2)17(24)27-6)14-16-11-9-8-10-12-16/h7-12,15H,1,13-14H2,2-6H3,(H,21,25)/t15-/m0/s1. The van der Waals surface area contributed by atoms with Gasteiger partial charge in [-0.25, -0.2) is 24.8 Å². The second-order valence-electron chi connectivity index (χ2n) is 7.11. The van der Waals surface area contributed by atoms with E-state index in [-0.39, 0.29) is 13.1 Å². The molecule has 0 bridgehead atoms. The van der Waals surface area contributed by atoms with Gasteiger partial charge >= 0.3 is 18.1 Å². The molecule has 1 atom stereocenters. The van der Waals surface area contributed by atoms with Gasteiger partial charge in [0, 0.05) is 6.54 Å². The number of esters is 1. The number of carbonyl (C=O) groups is 3. The molecule has 0 heterocycles. The number of nitrogens with one attached hydrogen (secondary N) is 1.